The van der Waals surface area contributed by atoms with Gasteiger partial charge in [-0.05, 0) is 18.2 Å². The lowest BCUT2D eigenvalue weighted by Gasteiger charge is -2.04. The van der Waals surface area contributed by atoms with E-state index in [1.165, 1.54) is 11.3 Å². The Kier molecular flexibility index (Phi) is 3.03. The zero-order valence-corrected chi connectivity index (χ0v) is 10.5. The average Bonchev–Trinajstić information content (AvgIpc) is 3.13. The highest BCUT2D eigenvalue weighted by Crippen LogP contribution is 2.11. The zero-order valence-electron chi connectivity index (χ0n) is 9.72. The molecule has 0 saturated heterocycles. The molecule has 3 heterocycles. The van der Waals surface area contributed by atoms with Gasteiger partial charge in [0.2, 0.25) is 0 Å². The Morgan fingerprint density at radius 3 is 2.89 bits per heavy atom. The Bertz CT molecular complexity index is 661. The van der Waals surface area contributed by atoms with Gasteiger partial charge in [-0.15, -0.1) is 11.3 Å². The molecular formula is C12H9N5OS. The highest BCUT2D eigenvalue weighted by molar-refractivity contribution is 7.07. The van der Waals surface area contributed by atoms with Gasteiger partial charge < -0.3 is 5.32 Å². The van der Waals surface area contributed by atoms with E-state index >= 15 is 0 Å². The lowest BCUT2D eigenvalue weighted by atomic mass is 10.3. The molecule has 7 heteroatoms. The van der Waals surface area contributed by atoms with Crippen molar-refractivity contribution in [2.45, 2.75) is 0 Å². The molecule has 0 aliphatic rings. The Morgan fingerprint density at radius 1 is 1.32 bits per heavy atom. The topological polar surface area (TPSA) is 72.7 Å². The quantitative estimate of drug-likeness (QED) is 0.790. The van der Waals surface area contributed by atoms with Crippen molar-refractivity contribution in [3.63, 3.8) is 0 Å². The summed E-state index contributed by atoms with van der Waals surface area (Å²) in [6.45, 7) is 0. The summed E-state index contributed by atoms with van der Waals surface area (Å²) in [5.41, 5.74) is 2.64. The van der Waals surface area contributed by atoms with Gasteiger partial charge in [0.1, 0.15) is 5.69 Å². The SMILES string of the molecule is O=C(Nc1ccc(-n2cccn2)nc1)c1cscn1. The van der Waals surface area contributed by atoms with Crippen molar-refractivity contribution in [1.82, 2.24) is 19.7 Å². The van der Waals surface area contributed by atoms with Crippen LogP contribution in [0.25, 0.3) is 5.82 Å². The molecule has 0 aliphatic heterocycles. The number of hydrogen-bond donors (Lipinski definition) is 1. The number of thiazole rings is 1. The van der Waals surface area contributed by atoms with Gasteiger partial charge >= 0.3 is 0 Å². The number of carbonyl (C=O) groups is 1. The summed E-state index contributed by atoms with van der Waals surface area (Å²) < 4.78 is 1.64. The first-order chi connectivity index (χ1) is 9.33. The van der Waals surface area contributed by atoms with Crippen molar-refractivity contribution in [2.75, 3.05) is 5.32 Å². The maximum atomic E-state index is 11.8. The fourth-order valence-corrected chi connectivity index (χ4v) is 2.05. The van der Waals surface area contributed by atoms with Gasteiger partial charge in [0.15, 0.2) is 5.82 Å². The number of pyridine rings is 1. The molecule has 0 atom stereocenters. The monoisotopic (exact) mass is 271 g/mol. The summed E-state index contributed by atoms with van der Waals surface area (Å²) in [5, 5.41) is 8.50. The Morgan fingerprint density at radius 2 is 2.26 bits per heavy atom. The largest absolute Gasteiger partial charge is 0.319 e. The van der Waals surface area contributed by atoms with E-state index < -0.39 is 0 Å². The standard InChI is InChI=1S/C12H9N5OS/c18-12(10-7-19-8-14-10)16-9-2-3-11(13-6-9)17-5-1-4-15-17/h1-8H,(H,16,18). The van der Waals surface area contributed by atoms with Crippen LogP contribution in [0.5, 0.6) is 0 Å². The van der Waals surface area contributed by atoms with Crippen LogP contribution in [0.4, 0.5) is 5.69 Å². The second-order valence-electron chi connectivity index (χ2n) is 3.68. The summed E-state index contributed by atoms with van der Waals surface area (Å²) in [4.78, 5) is 19.9. The third kappa shape index (κ3) is 2.50. The van der Waals surface area contributed by atoms with E-state index in [0.717, 1.165) is 0 Å². The van der Waals surface area contributed by atoms with E-state index in [2.05, 4.69) is 20.4 Å². The first kappa shape index (κ1) is 11.5. The molecule has 19 heavy (non-hydrogen) atoms. The van der Waals surface area contributed by atoms with E-state index in [4.69, 9.17) is 0 Å². The van der Waals surface area contributed by atoms with Crippen LogP contribution in [-0.2, 0) is 0 Å². The van der Waals surface area contributed by atoms with Gasteiger partial charge in [0.25, 0.3) is 5.91 Å². The summed E-state index contributed by atoms with van der Waals surface area (Å²) in [6, 6.07) is 5.37. The molecule has 1 N–H and O–H groups in total. The second kappa shape index (κ2) is 4.99. The third-order valence-corrected chi connectivity index (χ3v) is 3.00. The van der Waals surface area contributed by atoms with Gasteiger partial charge in [0, 0.05) is 17.8 Å². The van der Waals surface area contributed by atoms with Gasteiger partial charge in [-0.25, -0.2) is 14.6 Å². The Labute approximate surface area is 112 Å². The molecule has 6 nitrogen and oxygen atoms in total. The maximum absolute atomic E-state index is 11.8. The highest BCUT2D eigenvalue weighted by atomic mass is 32.1. The lowest BCUT2D eigenvalue weighted by Crippen LogP contribution is -2.12. The molecule has 0 fully saturated rings. The molecule has 0 aliphatic carbocycles. The number of carbonyl (C=O) groups excluding carboxylic acids is 1. The van der Waals surface area contributed by atoms with Crippen LogP contribution in [0.3, 0.4) is 0 Å². The summed E-state index contributed by atoms with van der Waals surface area (Å²) >= 11 is 1.38. The molecule has 0 spiro atoms. The van der Waals surface area contributed by atoms with Crippen LogP contribution in [0.2, 0.25) is 0 Å². The predicted octanol–water partition coefficient (Wildman–Crippen LogP) is 1.98. The van der Waals surface area contributed by atoms with Gasteiger partial charge in [-0.2, -0.15) is 5.10 Å². The predicted molar refractivity (Wildman–Crippen MR) is 71.4 cm³/mol. The molecule has 1 amide bonds. The van der Waals surface area contributed by atoms with Crippen molar-refractivity contribution >= 4 is 22.9 Å². The van der Waals surface area contributed by atoms with Crippen LogP contribution in [0.1, 0.15) is 10.5 Å². The van der Waals surface area contributed by atoms with E-state index in [-0.39, 0.29) is 5.91 Å². The Balaban J connectivity index is 1.75. The number of anilines is 1. The number of aromatic nitrogens is 4. The number of rotatable bonds is 3. The highest BCUT2D eigenvalue weighted by Gasteiger charge is 2.08. The number of hydrogen-bond acceptors (Lipinski definition) is 5. The molecule has 0 bridgehead atoms. The zero-order chi connectivity index (χ0) is 13.1. The first-order valence-electron chi connectivity index (χ1n) is 5.48. The van der Waals surface area contributed by atoms with Crippen molar-refractivity contribution in [2.24, 2.45) is 0 Å². The minimum absolute atomic E-state index is 0.241. The normalized spacial score (nSPS) is 10.3. The average molecular weight is 271 g/mol. The van der Waals surface area contributed by atoms with Gasteiger partial charge in [-0.1, -0.05) is 0 Å². The minimum Gasteiger partial charge on any atom is -0.319 e. The van der Waals surface area contributed by atoms with E-state index in [1.54, 1.807) is 46.3 Å². The summed E-state index contributed by atoms with van der Waals surface area (Å²) in [6.07, 6.45) is 5.07. The van der Waals surface area contributed by atoms with Crippen LogP contribution < -0.4 is 5.32 Å². The summed E-state index contributed by atoms with van der Waals surface area (Å²) in [7, 11) is 0. The first-order valence-corrected chi connectivity index (χ1v) is 6.43. The smallest absolute Gasteiger partial charge is 0.275 e. The minimum atomic E-state index is -0.241. The molecular weight excluding hydrogens is 262 g/mol. The van der Waals surface area contributed by atoms with E-state index in [9.17, 15) is 4.79 Å². The van der Waals surface area contributed by atoms with E-state index in [0.29, 0.717) is 17.2 Å². The van der Waals surface area contributed by atoms with Gasteiger partial charge in [-0.3, -0.25) is 4.79 Å². The third-order valence-electron chi connectivity index (χ3n) is 2.41. The van der Waals surface area contributed by atoms with E-state index in [1.807, 2.05) is 6.07 Å². The van der Waals surface area contributed by atoms with Crippen molar-refractivity contribution < 1.29 is 4.79 Å². The fraction of sp³-hybridized carbons (Fsp3) is 0. The lowest BCUT2D eigenvalue weighted by molar-refractivity contribution is 0.102. The molecule has 0 unspecified atom stereocenters. The number of amides is 1. The molecule has 94 valence electrons. The van der Waals surface area contributed by atoms with Crippen LogP contribution in [-0.4, -0.2) is 25.7 Å². The second-order valence-corrected chi connectivity index (χ2v) is 4.40. The molecule has 0 saturated carbocycles. The summed E-state index contributed by atoms with van der Waals surface area (Å²) in [5.74, 6) is 0.451. The van der Waals surface area contributed by atoms with Crippen LogP contribution in [0.15, 0.2) is 47.7 Å². The number of nitrogens with one attached hydrogen (secondary N) is 1. The fourth-order valence-electron chi connectivity index (χ4n) is 1.52. The van der Waals surface area contributed by atoms with Crippen molar-refractivity contribution in [1.29, 1.82) is 0 Å². The molecule has 3 aromatic rings. The molecule has 3 aromatic heterocycles. The van der Waals surface area contributed by atoms with Crippen molar-refractivity contribution in [3.8, 4) is 5.82 Å². The maximum Gasteiger partial charge on any atom is 0.275 e. The molecule has 0 aromatic carbocycles. The van der Waals surface area contributed by atoms with Crippen LogP contribution in [0, 0.1) is 0 Å². The molecule has 0 radical (unpaired) electrons. The van der Waals surface area contributed by atoms with Gasteiger partial charge in [0.05, 0.1) is 17.4 Å². The molecule has 3 rings (SSSR count). The number of nitrogens with zero attached hydrogens (tertiary/aromatic N) is 4. The Hall–Kier alpha value is -2.54. The van der Waals surface area contributed by atoms with Crippen molar-refractivity contribution in [3.05, 3.63) is 53.4 Å². The van der Waals surface area contributed by atoms with Crippen LogP contribution >= 0.6 is 11.3 Å².